The third kappa shape index (κ3) is 7.29. The molecule has 0 aliphatic carbocycles. The number of fused-ring (bicyclic) bond motifs is 2. The Morgan fingerprint density at radius 2 is 1.75 bits per heavy atom. The van der Waals surface area contributed by atoms with Crippen LogP contribution in [0.4, 0.5) is 27.5 Å². The van der Waals surface area contributed by atoms with Crippen molar-refractivity contribution in [2.24, 2.45) is 0 Å². The summed E-state index contributed by atoms with van der Waals surface area (Å²) in [6, 6.07) is 15.1. The van der Waals surface area contributed by atoms with Gasteiger partial charge in [0.2, 0.25) is 23.4 Å². The van der Waals surface area contributed by atoms with Gasteiger partial charge in [0.1, 0.15) is 12.6 Å². The Hall–Kier alpha value is -6.60. The normalized spacial score (nSPS) is 21.4. The summed E-state index contributed by atoms with van der Waals surface area (Å²) in [5.41, 5.74) is 4.14. The third-order valence-corrected chi connectivity index (χ3v) is 11.2. The molecule has 1 unspecified atom stereocenters. The smallest absolute Gasteiger partial charge is 0.322 e. The molecule has 2 aromatic heterocycles. The van der Waals surface area contributed by atoms with Gasteiger partial charge >= 0.3 is 6.03 Å². The summed E-state index contributed by atoms with van der Waals surface area (Å²) in [6.07, 6.45) is 3.49. The molecular weight excluding hydrogens is 729 g/mol. The second kappa shape index (κ2) is 15.5. The first kappa shape index (κ1) is 37.3. The Morgan fingerprint density at radius 3 is 2.51 bits per heavy atom. The van der Waals surface area contributed by atoms with E-state index in [1.165, 1.54) is 0 Å². The maximum atomic E-state index is 13.4. The van der Waals surface area contributed by atoms with Crippen LogP contribution in [0.5, 0.6) is 5.88 Å². The molecule has 16 nitrogen and oxygen atoms in total. The predicted molar refractivity (Wildman–Crippen MR) is 211 cm³/mol. The van der Waals surface area contributed by atoms with Gasteiger partial charge in [-0.25, -0.2) is 14.6 Å². The number of urea groups is 1. The highest BCUT2D eigenvalue weighted by Gasteiger charge is 2.45. The summed E-state index contributed by atoms with van der Waals surface area (Å²) in [4.78, 5) is 85.8. The lowest BCUT2D eigenvalue weighted by molar-refractivity contribution is -0.136. The van der Waals surface area contributed by atoms with Crippen LogP contribution < -0.4 is 25.2 Å². The number of nitrogens with one attached hydrogen (secondary N) is 2. The number of benzene rings is 2. The molecule has 4 aliphatic rings. The number of pyridine rings is 2. The molecule has 16 heteroatoms. The minimum atomic E-state index is -0.993. The molecule has 2 aromatic carbocycles. The Bertz CT molecular complexity index is 2300. The van der Waals surface area contributed by atoms with E-state index in [9.17, 15) is 24.0 Å². The van der Waals surface area contributed by atoms with Crippen molar-refractivity contribution in [2.75, 3.05) is 67.5 Å². The van der Waals surface area contributed by atoms with Crippen LogP contribution in [0.15, 0.2) is 67.0 Å². The molecule has 0 bridgehead atoms. The number of rotatable bonds is 8. The molecule has 6 heterocycles. The van der Waals surface area contributed by atoms with Crippen molar-refractivity contribution in [1.82, 2.24) is 30.0 Å². The van der Waals surface area contributed by atoms with Gasteiger partial charge in [0, 0.05) is 93.3 Å². The number of hydrogen-bond acceptors (Lipinski definition) is 11. The molecule has 2 N–H and O–H groups in total. The van der Waals surface area contributed by atoms with Gasteiger partial charge in [0.05, 0.1) is 35.1 Å². The van der Waals surface area contributed by atoms with Crippen molar-refractivity contribution in [2.45, 2.75) is 44.8 Å². The van der Waals surface area contributed by atoms with Crippen molar-refractivity contribution in [3.8, 4) is 5.88 Å². The molecule has 3 saturated heterocycles. The van der Waals surface area contributed by atoms with E-state index in [0.717, 1.165) is 34.8 Å². The largest absolute Gasteiger partial charge is 0.476 e. The number of ether oxygens (including phenoxy) is 1. The molecule has 3 atom stereocenters. The van der Waals surface area contributed by atoms with Crippen LogP contribution in [0, 0.1) is 6.57 Å². The molecule has 6 amide bonds. The summed E-state index contributed by atoms with van der Waals surface area (Å²) in [6.45, 7) is 16.8. The van der Waals surface area contributed by atoms with Crippen LogP contribution in [-0.4, -0.2) is 125 Å². The first-order valence-corrected chi connectivity index (χ1v) is 19.1. The molecule has 3 fully saturated rings. The van der Waals surface area contributed by atoms with Crippen LogP contribution in [0.1, 0.15) is 47.4 Å². The molecule has 0 radical (unpaired) electrons. The maximum Gasteiger partial charge on any atom is 0.322 e. The van der Waals surface area contributed by atoms with Gasteiger partial charge in [0.15, 0.2) is 0 Å². The van der Waals surface area contributed by atoms with Gasteiger partial charge in [-0.15, -0.1) is 0 Å². The number of hydrogen-bond donors (Lipinski definition) is 2. The number of anilines is 3. The van der Waals surface area contributed by atoms with Crippen LogP contribution in [-0.2, 0) is 9.59 Å². The van der Waals surface area contributed by atoms with Gasteiger partial charge in [-0.1, -0.05) is 12.1 Å². The number of aromatic nitrogens is 2. The summed E-state index contributed by atoms with van der Waals surface area (Å²) in [7, 11) is 0. The number of piperazine rings is 2. The van der Waals surface area contributed by atoms with Crippen LogP contribution in [0.2, 0.25) is 0 Å². The fourth-order valence-corrected chi connectivity index (χ4v) is 8.13. The zero-order valence-electron chi connectivity index (χ0n) is 31.7. The van der Waals surface area contributed by atoms with Crippen molar-refractivity contribution in [3.63, 3.8) is 0 Å². The molecular formula is C41H42N10O6. The predicted octanol–water partition coefficient (Wildman–Crippen LogP) is 3.91. The Balaban J connectivity index is 0.790. The standard InChI is InChI=1S/C41H42N10O6/c1-25-24-50(26(2)23-49(25)33-10-9-32(42-3)37-30(33)5-4-14-43-37)41(56)45-27-6-13-36(44-22-27)57-20-19-47-15-17-48(18-16-47)28-7-8-29-31(21-28)40(55)51(39(29)54)34-11-12-35(52)46-38(34)53/h4-10,13-14,21-22,25-26,34H,11-12,15-20,23-24H2,1-2H3,(H,45,56)(H,46,52,53)/t25-,26+,34?/m0/s1. The quantitative estimate of drug-likeness (QED) is 0.197. The van der Waals surface area contributed by atoms with E-state index >= 15 is 0 Å². The van der Waals surface area contributed by atoms with E-state index in [1.807, 2.05) is 42.2 Å². The summed E-state index contributed by atoms with van der Waals surface area (Å²) >= 11 is 0. The number of amides is 6. The zero-order chi connectivity index (χ0) is 39.8. The van der Waals surface area contributed by atoms with Gasteiger partial charge in [-0.3, -0.25) is 39.3 Å². The Kier molecular flexibility index (Phi) is 10.2. The van der Waals surface area contributed by atoms with Crippen LogP contribution in [0.3, 0.4) is 0 Å². The second-order valence-corrected chi connectivity index (χ2v) is 14.8. The molecule has 0 spiro atoms. The average molecular weight is 771 g/mol. The Morgan fingerprint density at radius 1 is 0.947 bits per heavy atom. The van der Waals surface area contributed by atoms with E-state index in [4.69, 9.17) is 11.3 Å². The number of piperidine rings is 1. The van der Waals surface area contributed by atoms with Crippen molar-refractivity contribution >= 4 is 63.3 Å². The molecule has 0 saturated carbocycles. The highest BCUT2D eigenvalue weighted by Crippen LogP contribution is 2.35. The lowest BCUT2D eigenvalue weighted by atomic mass is 10.0. The molecule has 4 aliphatic heterocycles. The lowest BCUT2D eigenvalue weighted by Crippen LogP contribution is -2.59. The molecule has 57 heavy (non-hydrogen) atoms. The summed E-state index contributed by atoms with van der Waals surface area (Å²) < 4.78 is 5.94. The maximum absolute atomic E-state index is 13.4. The van der Waals surface area contributed by atoms with Crippen molar-refractivity contribution < 1.29 is 28.7 Å². The van der Waals surface area contributed by atoms with Gasteiger partial charge < -0.3 is 24.8 Å². The SMILES string of the molecule is [C-]#[N+]c1ccc(N2C[C@@H](C)N(C(=O)Nc3ccc(OCCN4CCN(c5ccc6c(c5)C(=O)N(C5CCC(=O)NC5=O)C6=O)CC4)nc3)C[C@@H]2C)c2cccnc12. The number of carbonyl (C=O) groups is 5. The average Bonchev–Trinajstić information content (AvgIpc) is 3.46. The molecule has 292 valence electrons. The number of imide groups is 2. The van der Waals surface area contributed by atoms with E-state index in [-0.39, 0.29) is 42.1 Å². The first-order chi connectivity index (χ1) is 27.6. The lowest BCUT2D eigenvalue weighted by Gasteiger charge is -2.45. The molecule has 8 rings (SSSR count). The third-order valence-electron chi connectivity index (χ3n) is 11.2. The number of carbonyl (C=O) groups excluding carboxylic acids is 5. The van der Waals surface area contributed by atoms with Crippen molar-refractivity contribution in [1.29, 1.82) is 0 Å². The topological polar surface area (TPSA) is 165 Å². The van der Waals surface area contributed by atoms with Crippen LogP contribution in [0.25, 0.3) is 15.7 Å². The highest BCUT2D eigenvalue weighted by molar-refractivity contribution is 6.23. The van der Waals surface area contributed by atoms with Crippen molar-refractivity contribution in [3.05, 3.63) is 89.5 Å². The fourth-order valence-electron chi connectivity index (χ4n) is 8.13. The number of nitrogens with zero attached hydrogens (tertiary/aromatic N) is 8. The first-order valence-electron chi connectivity index (χ1n) is 19.1. The van der Waals surface area contributed by atoms with Gasteiger partial charge in [0.25, 0.3) is 11.8 Å². The minimum absolute atomic E-state index is 0.0302. The minimum Gasteiger partial charge on any atom is -0.476 e. The van der Waals surface area contributed by atoms with E-state index < -0.39 is 29.7 Å². The molecule has 4 aromatic rings. The van der Waals surface area contributed by atoms with E-state index in [0.29, 0.717) is 62.1 Å². The zero-order valence-corrected chi connectivity index (χ0v) is 31.7. The fraction of sp³-hybridized carbons (Fsp3) is 0.366. The van der Waals surface area contributed by atoms with Gasteiger partial charge in [-0.05, 0) is 56.7 Å². The van der Waals surface area contributed by atoms with Crippen LogP contribution >= 0.6 is 0 Å². The van der Waals surface area contributed by atoms with Gasteiger partial charge in [-0.2, -0.15) is 0 Å². The Labute approximate surface area is 329 Å². The second-order valence-electron chi connectivity index (χ2n) is 14.8. The monoisotopic (exact) mass is 770 g/mol. The van der Waals surface area contributed by atoms with E-state index in [2.05, 4.69) is 47.1 Å². The van der Waals surface area contributed by atoms with E-state index in [1.54, 1.807) is 36.7 Å². The summed E-state index contributed by atoms with van der Waals surface area (Å²) in [5, 5.41) is 6.13. The highest BCUT2D eigenvalue weighted by atomic mass is 16.5. The summed E-state index contributed by atoms with van der Waals surface area (Å²) in [5.74, 6) is -1.61.